The van der Waals surface area contributed by atoms with Crippen LogP contribution in [0.3, 0.4) is 0 Å². The van der Waals surface area contributed by atoms with Gasteiger partial charge in [0.1, 0.15) is 17.7 Å². The Morgan fingerprint density at radius 3 is 2.47 bits per heavy atom. The molecule has 3 saturated heterocycles. The third-order valence-electron chi connectivity index (χ3n) is 9.34. The van der Waals surface area contributed by atoms with Crippen LogP contribution in [0.15, 0.2) is 86.0 Å². The van der Waals surface area contributed by atoms with Crippen LogP contribution in [0, 0.1) is 11.8 Å². The van der Waals surface area contributed by atoms with Gasteiger partial charge in [-0.1, -0.05) is 88.7 Å². The maximum atomic E-state index is 14.6. The van der Waals surface area contributed by atoms with Gasteiger partial charge in [0.05, 0.1) is 37.1 Å². The Labute approximate surface area is 283 Å². The summed E-state index contributed by atoms with van der Waals surface area (Å²) in [6.45, 7) is 9.34. The maximum Gasteiger partial charge on any atom is 0.313 e. The van der Waals surface area contributed by atoms with Crippen molar-refractivity contribution in [3.05, 3.63) is 97.1 Å². The van der Waals surface area contributed by atoms with E-state index in [9.17, 15) is 24.3 Å². The predicted molar refractivity (Wildman–Crippen MR) is 179 cm³/mol. The standard InChI is InChI=1S/C36H42BrN3O7/c1-4-6-17-28(42)38-20-27(25-15-11-8-12-16-25)46-35(45)29-30-33(43)40(23(3)22-41)32(36(30)19-26(37)31(29)47-36)34(44)39(18-5-2)21-24-13-9-7-10-14-24/h4-5,7-16,23,26-27,29-32,41H,1-2,6,17-22H2,3H3,(H,38,42)/t23-,26?,27-,29+,30-,31+,32+,36-/m1/s1. The van der Waals surface area contributed by atoms with E-state index in [-0.39, 0.29) is 49.3 Å². The van der Waals surface area contributed by atoms with Gasteiger partial charge in [-0.2, -0.15) is 0 Å². The van der Waals surface area contributed by atoms with E-state index < -0.39 is 53.6 Å². The van der Waals surface area contributed by atoms with E-state index in [1.54, 1.807) is 36.1 Å². The van der Waals surface area contributed by atoms with Crippen molar-refractivity contribution in [3.63, 3.8) is 0 Å². The van der Waals surface area contributed by atoms with Gasteiger partial charge in [-0.25, -0.2) is 0 Å². The molecule has 1 unspecified atom stereocenters. The molecule has 2 aromatic rings. The lowest BCUT2D eigenvalue weighted by Gasteiger charge is -2.38. The minimum Gasteiger partial charge on any atom is -0.455 e. The van der Waals surface area contributed by atoms with E-state index in [1.165, 1.54) is 4.90 Å². The average molecular weight is 709 g/mol. The predicted octanol–water partition coefficient (Wildman–Crippen LogP) is 3.70. The second-order valence-corrected chi connectivity index (χ2v) is 13.6. The Balaban J connectivity index is 1.46. The van der Waals surface area contributed by atoms with Gasteiger partial charge in [0, 0.05) is 24.3 Å². The largest absolute Gasteiger partial charge is 0.455 e. The molecule has 2 N–H and O–H groups in total. The van der Waals surface area contributed by atoms with Crippen LogP contribution in [0.1, 0.15) is 43.4 Å². The van der Waals surface area contributed by atoms with Gasteiger partial charge in [-0.15, -0.1) is 13.2 Å². The normalized spacial score (nSPS) is 27.1. The number of benzene rings is 2. The number of hydrogen-bond donors (Lipinski definition) is 2. The van der Waals surface area contributed by atoms with Gasteiger partial charge in [0.25, 0.3) is 0 Å². The van der Waals surface area contributed by atoms with Crippen molar-refractivity contribution in [2.24, 2.45) is 11.8 Å². The summed E-state index contributed by atoms with van der Waals surface area (Å²) in [7, 11) is 0. The Hall–Kier alpha value is -3.80. The summed E-state index contributed by atoms with van der Waals surface area (Å²) in [4.78, 5) is 58.2. The van der Waals surface area contributed by atoms with E-state index >= 15 is 0 Å². The molecular weight excluding hydrogens is 666 g/mol. The summed E-state index contributed by atoms with van der Waals surface area (Å²) >= 11 is 3.69. The number of aliphatic hydroxyl groups excluding tert-OH is 1. The van der Waals surface area contributed by atoms with Crippen LogP contribution in [0.25, 0.3) is 0 Å². The Morgan fingerprint density at radius 1 is 1.15 bits per heavy atom. The minimum absolute atomic E-state index is 0.0379. The molecule has 0 radical (unpaired) electrons. The summed E-state index contributed by atoms with van der Waals surface area (Å²) < 4.78 is 12.7. The minimum atomic E-state index is -1.32. The van der Waals surface area contributed by atoms with E-state index in [0.29, 0.717) is 18.4 Å². The van der Waals surface area contributed by atoms with Crippen molar-refractivity contribution < 1.29 is 33.8 Å². The fraction of sp³-hybridized carbons (Fsp3) is 0.444. The van der Waals surface area contributed by atoms with Gasteiger partial charge >= 0.3 is 5.97 Å². The van der Waals surface area contributed by atoms with Gasteiger partial charge in [0.15, 0.2) is 0 Å². The molecule has 1 spiro atoms. The number of rotatable bonds is 15. The quantitative estimate of drug-likeness (QED) is 0.164. The summed E-state index contributed by atoms with van der Waals surface area (Å²) in [6, 6.07) is 16.8. The van der Waals surface area contributed by atoms with Crippen LogP contribution < -0.4 is 5.32 Å². The number of allylic oxidation sites excluding steroid dienone is 1. The molecule has 3 fully saturated rings. The Bertz CT molecular complexity index is 1470. The van der Waals surface area contributed by atoms with Crippen LogP contribution in [-0.4, -0.2) is 86.9 Å². The van der Waals surface area contributed by atoms with Crippen molar-refractivity contribution in [2.75, 3.05) is 19.7 Å². The number of esters is 1. The van der Waals surface area contributed by atoms with Crippen LogP contribution in [0.4, 0.5) is 0 Å². The van der Waals surface area contributed by atoms with Gasteiger partial charge in [-0.05, 0) is 30.9 Å². The number of hydrogen-bond acceptors (Lipinski definition) is 7. The highest BCUT2D eigenvalue weighted by Gasteiger charge is 2.77. The van der Waals surface area contributed by atoms with E-state index in [1.807, 2.05) is 48.5 Å². The maximum absolute atomic E-state index is 14.6. The van der Waals surface area contributed by atoms with Crippen molar-refractivity contribution >= 4 is 39.6 Å². The zero-order valence-electron chi connectivity index (χ0n) is 26.5. The molecular formula is C36H42BrN3O7. The number of alkyl halides is 1. The second-order valence-electron chi connectivity index (χ2n) is 12.4. The molecule has 47 heavy (non-hydrogen) atoms. The molecule has 0 saturated carbocycles. The SMILES string of the molecule is C=CCCC(=O)NC[C@@H](OC(=O)[C@@H]1[C@H]2O[C@@]3(CC2Br)[C@H](C(=O)N(CC=C)Cc2ccccc2)N([C@H](C)CO)C(=O)[C@@H]13)c1ccccc1. The van der Waals surface area contributed by atoms with Gasteiger partial charge in [-0.3, -0.25) is 19.2 Å². The monoisotopic (exact) mass is 707 g/mol. The molecule has 0 aromatic heterocycles. The number of carbonyl (C=O) groups excluding carboxylic acids is 4. The lowest BCUT2D eigenvalue weighted by atomic mass is 9.70. The average Bonchev–Trinajstić information content (AvgIpc) is 3.68. The third-order valence-corrected chi connectivity index (χ3v) is 10.2. The number of fused-ring (bicyclic) bond motifs is 1. The summed E-state index contributed by atoms with van der Waals surface area (Å²) in [5, 5.41) is 13.1. The highest BCUT2D eigenvalue weighted by atomic mass is 79.9. The molecule has 3 heterocycles. The van der Waals surface area contributed by atoms with Crippen LogP contribution >= 0.6 is 15.9 Å². The second kappa shape index (κ2) is 15.0. The smallest absolute Gasteiger partial charge is 0.313 e. The summed E-state index contributed by atoms with van der Waals surface area (Å²) in [5.74, 6) is -3.64. The molecule has 3 aliphatic heterocycles. The highest BCUT2D eigenvalue weighted by molar-refractivity contribution is 9.09. The molecule has 2 bridgehead atoms. The molecule has 10 nitrogen and oxygen atoms in total. The van der Waals surface area contributed by atoms with Crippen molar-refractivity contribution in [2.45, 2.75) is 67.5 Å². The molecule has 8 atom stereocenters. The number of halogens is 1. The lowest BCUT2D eigenvalue weighted by Crippen LogP contribution is -2.58. The summed E-state index contributed by atoms with van der Waals surface area (Å²) in [5.41, 5.74) is 0.265. The Morgan fingerprint density at radius 2 is 1.83 bits per heavy atom. The van der Waals surface area contributed by atoms with Crippen LogP contribution in [0.5, 0.6) is 0 Å². The number of aliphatic hydroxyl groups is 1. The molecule has 2 aromatic carbocycles. The van der Waals surface area contributed by atoms with E-state index in [0.717, 1.165) is 5.56 Å². The number of amides is 3. The van der Waals surface area contributed by atoms with Crippen LogP contribution in [-0.2, 0) is 35.2 Å². The van der Waals surface area contributed by atoms with Crippen molar-refractivity contribution in [3.8, 4) is 0 Å². The summed E-state index contributed by atoms with van der Waals surface area (Å²) in [6.07, 6.45) is 2.83. The number of nitrogens with one attached hydrogen (secondary N) is 1. The molecule has 3 amide bonds. The number of likely N-dealkylation sites (tertiary alicyclic amines) is 1. The topological polar surface area (TPSA) is 125 Å². The first-order valence-corrected chi connectivity index (χ1v) is 16.9. The first-order chi connectivity index (χ1) is 22.7. The number of nitrogens with zero attached hydrogens (tertiary/aromatic N) is 2. The zero-order valence-corrected chi connectivity index (χ0v) is 28.1. The molecule has 250 valence electrons. The van der Waals surface area contributed by atoms with E-state index in [2.05, 4.69) is 34.4 Å². The molecule has 0 aliphatic carbocycles. The number of carbonyl (C=O) groups is 4. The van der Waals surface area contributed by atoms with Crippen molar-refractivity contribution in [1.82, 2.24) is 15.1 Å². The lowest BCUT2D eigenvalue weighted by molar-refractivity contribution is -0.161. The molecule has 5 rings (SSSR count). The Kier molecular flexibility index (Phi) is 11.0. The van der Waals surface area contributed by atoms with Crippen molar-refractivity contribution in [1.29, 1.82) is 0 Å². The van der Waals surface area contributed by atoms with Gasteiger partial charge < -0.3 is 29.7 Å². The van der Waals surface area contributed by atoms with Crippen LogP contribution in [0.2, 0.25) is 0 Å². The first-order valence-electron chi connectivity index (χ1n) is 16.0. The fourth-order valence-electron chi connectivity index (χ4n) is 7.19. The van der Waals surface area contributed by atoms with E-state index in [4.69, 9.17) is 9.47 Å². The molecule has 3 aliphatic rings. The zero-order chi connectivity index (χ0) is 33.7. The first kappa shape index (κ1) is 34.5. The highest BCUT2D eigenvalue weighted by Crippen LogP contribution is 2.61. The van der Waals surface area contributed by atoms with Gasteiger partial charge in [0.2, 0.25) is 17.7 Å². The third kappa shape index (κ3) is 6.79. The molecule has 11 heteroatoms. The fourth-order valence-corrected chi connectivity index (χ4v) is 8.13. The number of ether oxygens (including phenoxy) is 2.